The second-order valence-electron chi connectivity index (χ2n) is 4.63. The molecular formula is C13H19ClN2O. The largest absolute Gasteiger partial charge is 0.397 e. The maximum absolute atomic E-state index is 11.9. The van der Waals surface area contributed by atoms with Crippen LogP contribution in [0.15, 0.2) is 18.2 Å². The van der Waals surface area contributed by atoms with Crippen molar-refractivity contribution in [2.75, 3.05) is 12.3 Å². The number of nitrogen functional groups attached to an aromatic ring is 1. The molecule has 0 saturated heterocycles. The monoisotopic (exact) mass is 254 g/mol. The lowest BCUT2D eigenvalue weighted by molar-refractivity contribution is 0.0946. The molecule has 0 fully saturated rings. The number of halogens is 1. The van der Waals surface area contributed by atoms with Crippen LogP contribution in [0.2, 0.25) is 5.02 Å². The van der Waals surface area contributed by atoms with Crippen LogP contribution in [0.4, 0.5) is 5.69 Å². The summed E-state index contributed by atoms with van der Waals surface area (Å²) >= 11 is 5.87. The summed E-state index contributed by atoms with van der Waals surface area (Å²) < 4.78 is 0. The van der Waals surface area contributed by atoms with Gasteiger partial charge in [0, 0.05) is 6.54 Å². The number of hydrogen-bond donors (Lipinski definition) is 2. The molecule has 0 aliphatic carbocycles. The van der Waals surface area contributed by atoms with Crippen LogP contribution in [-0.2, 0) is 0 Å². The lowest BCUT2D eigenvalue weighted by Crippen LogP contribution is -2.30. The summed E-state index contributed by atoms with van der Waals surface area (Å²) in [6.45, 7) is 7.00. The first-order valence-corrected chi connectivity index (χ1v) is 6.13. The number of rotatable bonds is 4. The zero-order valence-electron chi connectivity index (χ0n) is 10.5. The number of benzene rings is 1. The van der Waals surface area contributed by atoms with E-state index in [0.717, 1.165) is 0 Å². The lowest BCUT2D eigenvalue weighted by atomic mass is 9.98. The minimum absolute atomic E-state index is 0.169. The number of nitrogens with two attached hydrogens (primary N) is 1. The fourth-order valence-electron chi connectivity index (χ4n) is 1.32. The number of nitrogens with one attached hydrogen (secondary N) is 1. The van der Waals surface area contributed by atoms with E-state index in [1.807, 2.05) is 0 Å². The van der Waals surface area contributed by atoms with Gasteiger partial charge in [0.15, 0.2) is 0 Å². The number of anilines is 1. The van der Waals surface area contributed by atoms with Crippen LogP contribution in [0.5, 0.6) is 0 Å². The molecule has 94 valence electrons. The molecule has 1 unspecified atom stereocenters. The maximum atomic E-state index is 11.9. The summed E-state index contributed by atoms with van der Waals surface area (Å²) in [6, 6.07) is 5.07. The summed E-state index contributed by atoms with van der Waals surface area (Å²) in [5, 5.41) is 3.28. The SMILES string of the molecule is CC(C)C(C)CNC(=O)c1cccc(Cl)c1N. The van der Waals surface area contributed by atoms with Crippen molar-refractivity contribution in [3.05, 3.63) is 28.8 Å². The number of para-hydroxylation sites is 1. The molecule has 3 N–H and O–H groups in total. The molecular weight excluding hydrogens is 236 g/mol. The second kappa shape index (κ2) is 5.92. The summed E-state index contributed by atoms with van der Waals surface area (Å²) in [5.41, 5.74) is 6.53. The van der Waals surface area contributed by atoms with Gasteiger partial charge < -0.3 is 11.1 Å². The summed E-state index contributed by atoms with van der Waals surface area (Å²) in [5.74, 6) is 0.795. The maximum Gasteiger partial charge on any atom is 0.253 e. The van der Waals surface area contributed by atoms with Crippen LogP contribution < -0.4 is 11.1 Å². The summed E-state index contributed by atoms with van der Waals surface area (Å²) in [7, 11) is 0. The molecule has 1 rings (SSSR count). The van der Waals surface area contributed by atoms with Gasteiger partial charge >= 0.3 is 0 Å². The van der Waals surface area contributed by atoms with Crippen molar-refractivity contribution in [1.82, 2.24) is 5.32 Å². The van der Waals surface area contributed by atoms with E-state index in [0.29, 0.717) is 34.7 Å². The van der Waals surface area contributed by atoms with Crippen molar-refractivity contribution in [2.24, 2.45) is 11.8 Å². The van der Waals surface area contributed by atoms with E-state index < -0.39 is 0 Å². The molecule has 0 aliphatic heterocycles. The first-order chi connectivity index (χ1) is 7.93. The normalized spacial score (nSPS) is 12.5. The van der Waals surface area contributed by atoms with Gasteiger partial charge in [0.1, 0.15) is 0 Å². The second-order valence-corrected chi connectivity index (χ2v) is 5.04. The molecule has 0 aromatic heterocycles. The van der Waals surface area contributed by atoms with Gasteiger partial charge in [-0.05, 0) is 24.0 Å². The molecule has 3 nitrogen and oxygen atoms in total. The van der Waals surface area contributed by atoms with Crippen molar-refractivity contribution in [3.63, 3.8) is 0 Å². The molecule has 1 amide bonds. The molecule has 0 aliphatic rings. The van der Waals surface area contributed by atoms with E-state index in [9.17, 15) is 4.79 Å². The number of carbonyl (C=O) groups excluding carboxylic acids is 1. The molecule has 17 heavy (non-hydrogen) atoms. The van der Waals surface area contributed by atoms with E-state index in [2.05, 4.69) is 26.1 Å². The van der Waals surface area contributed by atoms with E-state index in [1.165, 1.54) is 0 Å². The van der Waals surface area contributed by atoms with Gasteiger partial charge in [-0.25, -0.2) is 0 Å². The lowest BCUT2D eigenvalue weighted by Gasteiger charge is -2.16. The minimum atomic E-state index is -0.169. The van der Waals surface area contributed by atoms with Crippen LogP contribution >= 0.6 is 11.6 Å². The van der Waals surface area contributed by atoms with E-state index >= 15 is 0 Å². The van der Waals surface area contributed by atoms with Crippen molar-refractivity contribution < 1.29 is 4.79 Å². The molecule has 0 heterocycles. The third kappa shape index (κ3) is 3.63. The first-order valence-electron chi connectivity index (χ1n) is 5.75. The van der Waals surface area contributed by atoms with Gasteiger partial charge in [-0.3, -0.25) is 4.79 Å². The summed E-state index contributed by atoms with van der Waals surface area (Å²) in [4.78, 5) is 11.9. The third-order valence-electron chi connectivity index (χ3n) is 3.02. The highest BCUT2D eigenvalue weighted by Gasteiger charge is 2.13. The molecule has 1 aromatic carbocycles. The van der Waals surface area contributed by atoms with Crippen molar-refractivity contribution in [2.45, 2.75) is 20.8 Å². The average Bonchev–Trinajstić information content (AvgIpc) is 2.29. The van der Waals surface area contributed by atoms with Crippen molar-refractivity contribution in [3.8, 4) is 0 Å². The zero-order chi connectivity index (χ0) is 13.0. The van der Waals surface area contributed by atoms with E-state index in [1.54, 1.807) is 18.2 Å². The predicted octanol–water partition coefficient (Wildman–Crippen LogP) is 2.94. The van der Waals surface area contributed by atoms with E-state index in [-0.39, 0.29) is 5.91 Å². The van der Waals surface area contributed by atoms with Crippen molar-refractivity contribution >= 4 is 23.2 Å². The highest BCUT2D eigenvalue weighted by molar-refractivity contribution is 6.33. The van der Waals surface area contributed by atoms with Crippen LogP contribution in [0, 0.1) is 11.8 Å². The zero-order valence-corrected chi connectivity index (χ0v) is 11.2. The van der Waals surface area contributed by atoms with Crippen molar-refractivity contribution in [1.29, 1.82) is 0 Å². The molecule has 0 spiro atoms. The fraction of sp³-hybridized carbons (Fsp3) is 0.462. The summed E-state index contributed by atoms with van der Waals surface area (Å²) in [6.07, 6.45) is 0. The van der Waals surface area contributed by atoms with Gasteiger partial charge in [-0.2, -0.15) is 0 Å². The predicted molar refractivity (Wildman–Crippen MR) is 72.2 cm³/mol. The first kappa shape index (κ1) is 13.8. The Bertz CT molecular complexity index is 404. The molecule has 0 bridgehead atoms. The topological polar surface area (TPSA) is 55.1 Å². The molecule has 1 aromatic rings. The fourth-order valence-corrected chi connectivity index (χ4v) is 1.49. The standard InChI is InChI=1S/C13H19ClN2O/c1-8(2)9(3)7-16-13(17)10-5-4-6-11(14)12(10)15/h4-6,8-9H,7,15H2,1-3H3,(H,16,17). The number of carbonyl (C=O) groups is 1. The highest BCUT2D eigenvalue weighted by Crippen LogP contribution is 2.22. The number of amides is 1. The smallest absolute Gasteiger partial charge is 0.253 e. The Kier molecular flexibility index (Phi) is 4.82. The van der Waals surface area contributed by atoms with E-state index in [4.69, 9.17) is 17.3 Å². The molecule has 1 atom stereocenters. The minimum Gasteiger partial charge on any atom is -0.397 e. The van der Waals surface area contributed by atoms with Gasteiger partial charge in [-0.1, -0.05) is 38.4 Å². The average molecular weight is 255 g/mol. The van der Waals surface area contributed by atoms with Crippen LogP contribution in [0.3, 0.4) is 0 Å². The van der Waals surface area contributed by atoms with Gasteiger partial charge in [0.25, 0.3) is 5.91 Å². The Morgan fingerprint density at radius 1 is 1.41 bits per heavy atom. The van der Waals surface area contributed by atoms with Gasteiger partial charge in [0.2, 0.25) is 0 Å². The Morgan fingerprint density at radius 3 is 2.65 bits per heavy atom. The number of hydrogen-bond acceptors (Lipinski definition) is 2. The molecule has 0 saturated carbocycles. The third-order valence-corrected chi connectivity index (χ3v) is 3.35. The van der Waals surface area contributed by atoms with Gasteiger partial charge in [-0.15, -0.1) is 0 Å². The molecule has 0 radical (unpaired) electrons. The van der Waals surface area contributed by atoms with Gasteiger partial charge in [0.05, 0.1) is 16.3 Å². The Hall–Kier alpha value is -1.22. The highest BCUT2D eigenvalue weighted by atomic mass is 35.5. The Labute approximate surface area is 107 Å². The molecule has 4 heteroatoms. The van der Waals surface area contributed by atoms with Crippen LogP contribution in [0.25, 0.3) is 0 Å². The Balaban J connectivity index is 2.68. The quantitative estimate of drug-likeness (QED) is 0.812. The van der Waals surface area contributed by atoms with Crippen LogP contribution in [-0.4, -0.2) is 12.5 Å². The van der Waals surface area contributed by atoms with Crippen LogP contribution in [0.1, 0.15) is 31.1 Å². The Morgan fingerprint density at radius 2 is 2.06 bits per heavy atom.